The van der Waals surface area contributed by atoms with Crippen LogP contribution in [0.15, 0.2) is 18.2 Å². The van der Waals surface area contributed by atoms with E-state index in [0.717, 1.165) is 31.0 Å². The molecule has 1 atom stereocenters. The van der Waals surface area contributed by atoms with Gasteiger partial charge < -0.3 is 20.1 Å². The van der Waals surface area contributed by atoms with Gasteiger partial charge in [0.25, 0.3) is 0 Å². The highest BCUT2D eigenvalue weighted by Gasteiger charge is 2.18. The van der Waals surface area contributed by atoms with Crippen molar-refractivity contribution in [3.05, 3.63) is 23.8 Å². The van der Waals surface area contributed by atoms with Gasteiger partial charge in [0.05, 0.1) is 12.3 Å². The zero-order chi connectivity index (χ0) is 12.3. The molecule has 0 bridgehead atoms. The molecule has 1 heterocycles. The lowest BCUT2D eigenvalue weighted by atomic mass is 10.2. The molecule has 1 aliphatic heterocycles. The summed E-state index contributed by atoms with van der Waals surface area (Å²) >= 11 is 0. The first-order chi connectivity index (χ1) is 8.16. The van der Waals surface area contributed by atoms with E-state index in [2.05, 4.69) is 11.9 Å². The largest absolute Gasteiger partial charge is 0.488 e. The number of anilines is 1. The van der Waals surface area contributed by atoms with Crippen LogP contribution >= 0.6 is 0 Å². The van der Waals surface area contributed by atoms with Gasteiger partial charge in [0.1, 0.15) is 18.5 Å². The van der Waals surface area contributed by atoms with Crippen molar-refractivity contribution in [1.29, 1.82) is 0 Å². The second-order valence-electron chi connectivity index (χ2n) is 4.56. The fraction of sp³-hybridized carbons (Fsp3) is 0.538. The highest BCUT2D eigenvalue weighted by molar-refractivity contribution is 5.56. The van der Waals surface area contributed by atoms with Crippen LogP contribution in [0.1, 0.15) is 5.56 Å². The van der Waals surface area contributed by atoms with Gasteiger partial charge in [-0.2, -0.15) is 0 Å². The molecular formula is C13H20N2O2. The number of morpholine rings is 1. The van der Waals surface area contributed by atoms with E-state index in [9.17, 15) is 0 Å². The Hall–Kier alpha value is -1.26. The van der Waals surface area contributed by atoms with E-state index in [1.165, 1.54) is 0 Å². The Balaban J connectivity index is 1.93. The van der Waals surface area contributed by atoms with Crippen LogP contribution in [0.5, 0.6) is 5.75 Å². The average molecular weight is 236 g/mol. The van der Waals surface area contributed by atoms with Crippen LogP contribution in [0, 0.1) is 6.92 Å². The maximum Gasteiger partial charge on any atom is 0.145 e. The second-order valence-corrected chi connectivity index (χ2v) is 4.56. The van der Waals surface area contributed by atoms with Crippen molar-refractivity contribution < 1.29 is 9.47 Å². The maximum absolute atomic E-state index is 5.89. The average Bonchev–Trinajstić information content (AvgIpc) is 2.28. The minimum absolute atomic E-state index is 0.132. The SMILES string of the molecule is Cc1cccc(N)c1OCC1CN(C)CCO1. The van der Waals surface area contributed by atoms with Crippen molar-refractivity contribution in [2.45, 2.75) is 13.0 Å². The van der Waals surface area contributed by atoms with E-state index in [1.807, 2.05) is 25.1 Å². The molecule has 0 amide bonds. The van der Waals surface area contributed by atoms with Gasteiger partial charge in [0.2, 0.25) is 0 Å². The van der Waals surface area contributed by atoms with Crippen LogP contribution in [0.3, 0.4) is 0 Å². The summed E-state index contributed by atoms with van der Waals surface area (Å²) in [6, 6.07) is 5.79. The molecule has 2 N–H and O–H groups in total. The number of para-hydroxylation sites is 1. The standard InChI is InChI=1S/C13H20N2O2/c1-10-4-3-5-12(14)13(10)17-9-11-8-15(2)6-7-16-11/h3-5,11H,6-9,14H2,1-2H3. The molecular weight excluding hydrogens is 216 g/mol. The van der Waals surface area contributed by atoms with Gasteiger partial charge in [-0.3, -0.25) is 0 Å². The number of likely N-dealkylation sites (N-methyl/N-ethyl adjacent to an activating group) is 1. The molecule has 1 aromatic rings. The smallest absolute Gasteiger partial charge is 0.145 e. The lowest BCUT2D eigenvalue weighted by molar-refractivity contribution is -0.0403. The quantitative estimate of drug-likeness (QED) is 0.803. The highest BCUT2D eigenvalue weighted by atomic mass is 16.5. The molecule has 1 saturated heterocycles. The summed E-state index contributed by atoms with van der Waals surface area (Å²) in [6.45, 7) is 5.22. The molecule has 0 aliphatic carbocycles. The summed E-state index contributed by atoms with van der Waals surface area (Å²) in [7, 11) is 2.09. The van der Waals surface area contributed by atoms with Gasteiger partial charge in [-0.15, -0.1) is 0 Å². The number of nitrogen functional groups attached to an aromatic ring is 1. The summed E-state index contributed by atoms with van der Waals surface area (Å²) < 4.78 is 11.4. The minimum atomic E-state index is 0.132. The van der Waals surface area contributed by atoms with Crippen molar-refractivity contribution in [3.8, 4) is 5.75 Å². The second kappa shape index (κ2) is 5.38. The number of ether oxygens (including phenoxy) is 2. The van der Waals surface area contributed by atoms with Crippen molar-refractivity contribution >= 4 is 5.69 Å². The lowest BCUT2D eigenvalue weighted by Gasteiger charge is -2.30. The zero-order valence-electron chi connectivity index (χ0n) is 10.5. The molecule has 17 heavy (non-hydrogen) atoms. The van der Waals surface area contributed by atoms with E-state index >= 15 is 0 Å². The number of benzene rings is 1. The van der Waals surface area contributed by atoms with Gasteiger partial charge in [-0.1, -0.05) is 12.1 Å². The molecule has 1 unspecified atom stereocenters. The molecule has 4 heteroatoms. The molecule has 0 saturated carbocycles. The van der Waals surface area contributed by atoms with Gasteiger partial charge in [0.15, 0.2) is 0 Å². The van der Waals surface area contributed by atoms with Crippen molar-refractivity contribution in [3.63, 3.8) is 0 Å². The first kappa shape index (κ1) is 12.2. The zero-order valence-corrected chi connectivity index (χ0v) is 10.5. The molecule has 94 valence electrons. The third-order valence-corrected chi connectivity index (χ3v) is 3.00. The van der Waals surface area contributed by atoms with Gasteiger partial charge in [-0.05, 0) is 25.6 Å². The Kier molecular flexibility index (Phi) is 3.86. The van der Waals surface area contributed by atoms with E-state index in [1.54, 1.807) is 0 Å². The van der Waals surface area contributed by atoms with E-state index in [4.69, 9.17) is 15.2 Å². The normalized spacial score (nSPS) is 21.4. The first-order valence-corrected chi connectivity index (χ1v) is 5.95. The molecule has 1 fully saturated rings. The van der Waals surface area contributed by atoms with Crippen LogP contribution in [0.4, 0.5) is 5.69 Å². The van der Waals surface area contributed by atoms with E-state index in [0.29, 0.717) is 12.3 Å². The first-order valence-electron chi connectivity index (χ1n) is 5.95. The summed E-state index contributed by atoms with van der Waals surface area (Å²) in [4.78, 5) is 2.25. The number of hydrogen-bond donors (Lipinski definition) is 1. The number of rotatable bonds is 3. The summed E-state index contributed by atoms with van der Waals surface area (Å²) in [5, 5.41) is 0. The predicted molar refractivity (Wildman–Crippen MR) is 68.3 cm³/mol. The molecule has 0 radical (unpaired) electrons. The van der Waals surface area contributed by atoms with Gasteiger partial charge in [0, 0.05) is 13.1 Å². The van der Waals surface area contributed by atoms with Crippen molar-refractivity contribution in [2.24, 2.45) is 0 Å². The Morgan fingerprint density at radius 2 is 2.35 bits per heavy atom. The minimum Gasteiger partial charge on any atom is -0.488 e. The van der Waals surface area contributed by atoms with E-state index < -0.39 is 0 Å². The van der Waals surface area contributed by atoms with Crippen LogP contribution < -0.4 is 10.5 Å². The Labute approximate surface area is 102 Å². The van der Waals surface area contributed by atoms with Crippen LogP contribution in [-0.2, 0) is 4.74 Å². The summed E-state index contributed by atoms with van der Waals surface area (Å²) in [6.07, 6.45) is 0.132. The predicted octanol–water partition coefficient (Wildman–Crippen LogP) is 1.29. The topological polar surface area (TPSA) is 47.7 Å². The third-order valence-electron chi connectivity index (χ3n) is 3.00. The molecule has 2 rings (SSSR count). The Morgan fingerprint density at radius 1 is 1.53 bits per heavy atom. The molecule has 4 nitrogen and oxygen atoms in total. The summed E-state index contributed by atoms with van der Waals surface area (Å²) in [5.41, 5.74) is 7.64. The molecule has 0 aromatic heterocycles. The fourth-order valence-corrected chi connectivity index (χ4v) is 2.02. The fourth-order valence-electron chi connectivity index (χ4n) is 2.02. The number of hydrogen-bond acceptors (Lipinski definition) is 4. The molecule has 1 aromatic carbocycles. The Bertz CT molecular complexity index is 361. The van der Waals surface area contributed by atoms with Crippen LogP contribution in [0.2, 0.25) is 0 Å². The highest BCUT2D eigenvalue weighted by Crippen LogP contribution is 2.25. The summed E-state index contributed by atoms with van der Waals surface area (Å²) in [5.74, 6) is 0.782. The van der Waals surface area contributed by atoms with Crippen LogP contribution in [-0.4, -0.2) is 44.4 Å². The third kappa shape index (κ3) is 3.11. The van der Waals surface area contributed by atoms with Crippen molar-refractivity contribution in [2.75, 3.05) is 39.1 Å². The number of nitrogens with zero attached hydrogens (tertiary/aromatic N) is 1. The van der Waals surface area contributed by atoms with E-state index in [-0.39, 0.29) is 6.10 Å². The van der Waals surface area contributed by atoms with Gasteiger partial charge in [-0.25, -0.2) is 0 Å². The van der Waals surface area contributed by atoms with Gasteiger partial charge >= 0.3 is 0 Å². The number of nitrogens with two attached hydrogens (primary N) is 1. The molecule has 0 spiro atoms. The maximum atomic E-state index is 5.89. The monoisotopic (exact) mass is 236 g/mol. The number of aryl methyl sites for hydroxylation is 1. The lowest BCUT2D eigenvalue weighted by Crippen LogP contribution is -2.42. The van der Waals surface area contributed by atoms with Crippen LogP contribution in [0.25, 0.3) is 0 Å². The Morgan fingerprint density at radius 3 is 3.06 bits per heavy atom. The molecule has 1 aliphatic rings. The van der Waals surface area contributed by atoms with Crippen molar-refractivity contribution in [1.82, 2.24) is 4.90 Å².